The summed E-state index contributed by atoms with van der Waals surface area (Å²) in [6, 6.07) is 7.13. The van der Waals surface area contributed by atoms with Gasteiger partial charge in [0.15, 0.2) is 0 Å². The van der Waals surface area contributed by atoms with Crippen molar-refractivity contribution in [2.75, 3.05) is 0 Å². The Balaban J connectivity index is 2.34. The van der Waals surface area contributed by atoms with Crippen molar-refractivity contribution in [1.29, 1.82) is 0 Å². The quantitative estimate of drug-likeness (QED) is 0.749. The molecule has 0 amide bonds. The highest BCUT2D eigenvalue weighted by Crippen LogP contribution is 2.31. The Labute approximate surface area is 158 Å². The van der Waals surface area contributed by atoms with Crippen molar-refractivity contribution in [2.24, 2.45) is 0 Å². The number of carboxylic acids is 1. The van der Waals surface area contributed by atoms with Crippen molar-refractivity contribution in [3.05, 3.63) is 53.2 Å². The first kappa shape index (κ1) is 21.2. The summed E-state index contributed by atoms with van der Waals surface area (Å²) in [5.74, 6) is -2.34. The average Bonchev–Trinajstić information content (AvgIpc) is 2.52. The summed E-state index contributed by atoms with van der Waals surface area (Å²) in [6.45, 7) is 4.92. The molecule has 0 fully saturated rings. The predicted octanol–water partition coefficient (Wildman–Crippen LogP) is 4.48. The molecule has 1 N–H and O–H groups in total. The second kappa shape index (κ2) is 7.87. The number of hydrogen-bond donors (Lipinski definition) is 1. The molecule has 0 unspecified atom stereocenters. The first-order chi connectivity index (χ1) is 12.8. The number of nitrogens with zero attached hydrogens (tertiary/aromatic N) is 1. The maximum atomic E-state index is 13.2. The lowest BCUT2D eigenvalue weighted by molar-refractivity contribution is -0.154. The number of ether oxygens (including phenoxy) is 2. The average molecular weight is 397 g/mol. The zero-order valence-electron chi connectivity index (χ0n) is 15.3. The van der Waals surface area contributed by atoms with E-state index in [1.54, 1.807) is 20.8 Å². The van der Waals surface area contributed by atoms with Crippen LogP contribution in [-0.2, 0) is 22.1 Å². The fraction of sp³-hybridized carbons (Fsp3) is 0.316. The van der Waals surface area contributed by atoms with Crippen LogP contribution in [0.15, 0.2) is 36.4 Å². The van der Waals surface area contributed by atoms with Crippen LogP contribution in [0.5, 0.6) is 11.6 Å². The second-order valence-electron chi connectivity index (χ2n) is 6.89. The van der Waals surface area contributed by atoms with Crippen LogP contribution >= 0.6 is 0 Å². The standard InChI is InChI=1S/C19H18F3NO5/c1-18(2,3)28-16(24)9-11-7-14(19(20,21)22)23-15(8-11)27-13-6-4-5-12(10-13)17(25)26/h4-8,10H,9H2,1-3H3,(H,25,26). The van der Waals surface area contributed by atoms with Crippen LogP contribution in [-0.4, -0.2) is 27.6 Å². The molecule has 0 spiro atoms. The molecule has 6 nitrogen and oxygen atoms in total. The molecule has 0 aliphatic heterocycles. The molecule has 1 aromatic heterocycles. The van der Waals surface area contributed by atoms with Crippen molar-refractivity contribution in [2.45, 2.75) is 39.0 Å². The maximum Gasteiger partial charge on any atom is 0.433 e. The fourth-order valence-corrected chi connectivity index (χ4v) is 2.22. The van der Waals surface area contributed by atoms with E-state index in [2.05, 4.69) is 4.98 Å². The maximum absolute atomic E-state index is 13.2. The van der Waals surface area contributed by atoms with Crippen molar-refractivity contribution in [3.63, 3.8) is 0 Å². The van der Waals surface area contributed by atoms with E-state index in [4.69, 9.17) is 14.6 Å². The van der Waals surface area contributed by atoms with Gasteiger partial charge in [-0.25, -0.2) is 9.78 Å². The van der Waals surface area contributed by atoms with Crippen LogP contribution in [0, 0.1) is 0 Å². The Bertz CT molecular complexity index is 888. The Morgan fingerprint density at radius 3 is 2.36 bits per heavy atom. The van der Waals surface area contributed by atoms with E-state index < -0.39 is 41.7 Å². The van der Waals surface area contributed by atoms with Crippen LogP contribution < -0.4 is 4.74 Å². The van der Waals surface area contributed by atoms with Crippen molar-refractivity contribution in [1.82, 2.24) is 4.98 Å². The van der Waals surface area contributed by atoms with E-state index in [1.165, 1.54) is 24.3 Å². The monoisotopic (exact) mass is 397 g/mol. The van der Waals surface area contributed by atoms with Crippen LogP contribution in [0.2, 0.25) is 0 Å². The molecule has 9 heteroatoms. The lowest BCUT2D eigenvalue weighted by Crippen LogP contribution is -2.25. The molecule has 0 atom stereocenters. The second-order valence-corrected chi connectivity index (χ2v) is 6.89. The van der Waals surface area contributed by atoms with E-state index in [-0.39, 0.29) is 16.9 Å². The largest absolute Gasteiger partial charge is 0.478 e. The number of esters is 1. The topological polar surface area (TPSA) is 85.7 Å². The van der Waals surface area contributed by atoms with Gasteiger partial charge in [-0.3, -0.25) is 4.79 Å². The van der Waals surface area contributed by atoms with Crippen LogP contribution in [0.4, 0.5) is 13.2 Å². The molecule has 150 valence electrons. The molecular formula is C19H18F3NO5. The Morgan fingerprint density at radius 2 is 1.79 bits per heavy atom. The van der Waals surface area contributed by atoms with Gasteiger partial charge in [-0.05, 0) is 50.6 Å². The van der Waals surface area contributed by atoms with E-state index in [1.807, 2.05) is 0 Å². The SMILES string of the molecule is CC(C)(C)OC(=O)Cc1cc(Oc2cccc(C(=O)O)c2)nc(C(F)(F)F)c1. The minimum Gasteiger partial charge on any atom is -0.478 e. The van der Waals surface area contributed by atoms with E-state index in [9.17, 15) is 22.8 Å². The van der Waals surface area contributed by atoms with Crippen molar-refractivity contribution >= 4 is 11.9 Å². The zero-order valence-corrected chi connectivity index (χ0v) is 15.3. The molecule has 0 radical (unpaired) electrons. The molecule has 0 aliphatic carbocycles. The molecule has 2 aromatic rings. The van der Waals surface area contributed by atoms with Crippen molar-refractivity contribution in [3.8, 4) is 11.6 Å². The molecular weight excluding hydrogens is 379 g/mol. The third kappa shape index (κ3) is 6.26. The number of alkyl halides is 3. The van der Waals surface area contributed by atoms with Gasteiger partial charge in [0, 0.05) is 6.07 Å². The summed E-state index contributed by atoms with van der Waals surface area (Å²) < 4.78 is 49.9. The van der Waals surface area contributed by atoms with Gasteiger partial charge in [-0.2, -0.15) is 13.2 Å². The molecule has 1 aromatic carbocycles. The fourth-order valence-electron chi connectivity index (χ4n) is 2.22. The number of hydrogen-bond acceptors (Lipinski definition) is 5. The third-order valence-electron chi connectivity index (χ3n) is 3.22. The molecule has 0 saturated carbocycles. The third-order valence-corrected chi connectivity index (χ3v) is 3.22. The van der Waals surface area contributed by atoms with E-state index in [0.717, 1.165) is 12.1 Å². The first-order valence-electron chi connectivity index (χ1n) is 8.15. The van der Waals surface area contributed by atoms with Gasteiger partial charge in [0.25, 0.3) is 0 Å². The van der Waals surface area contributed by atoms with Gasteiger partial charge in [0.2, 0.25) is 5.88 Å². The summed E-state index contributed by atoms with van der Waals surface area (Å²) in [5, 5.41) is 8.99. The van der Waals surface area contributed by atoms with Gasteiger partial charge in [-0.15, -0.1) is 0 Å². The van der Waals surface area contributed by atoms with Gasteiger partial charge in [-0.1, -0.05) is 6.07 Å². The summed E-state index contributed by atoms with van der Waals surface area (Å²) in [4.78, 5) is 26.4. The molecule has 28 heavy (non-hydrogen) atoms. The number of aromatic nitrogens is 1. The smallest absolute Gasteiger partial charge is 0.433 e. The van der Waals surface area contributed by atoms with Gasteiger partial charge in [0.1, 0.15) is 17.0 Å². The van der Waals surface area contributed by atoms with Crippen molar-refractivity contribution < 1.29 is 37.3 Å². The molecule has 0 aliphatic rings. The number of rotatable bonds is 5. The highest BCUT2D eigenvalue weighted by Gasteiger charge is 2.34. The number of halogens is 3. The zero-order chi connectivity index (χ0) is 21.1. The first-order valence-corrected chi connectivity index (χ1v) is 8.15. The van der Waals surface area contributed by atoms with Gasteiger partial charge >= 0.3 is 18.1 Å². The van der Waals surface area contributed by atoms with E-state index >= 15 is 0 Å². The van der Waals surface area contributed by atoms with E-state index in [0.29, 0.717) is 0 Å². The van der Waals surface area contributed by atoms with Crippen LogP contribution in [0.25, 0.3) is 0 Å². The molecule has 1 heterocycles. The minimum absolute atomic E-state index is 0.000893. The van der Waals surface area contributed by atoms with Crippen LogP contribution in [0.1, 0.15) is 42.4 Å². The summed E-state index contributed by atoms with van der Waals surface area (Å²) >= 11 is 0. The van der Waals surface area contributed by atoms with Gasteiger partial charge < -0.3 is 14.6 Å². The normalized spacial score (nSPS) is 11.8. The molecule has 2 rings (SSSR count). The lowest BCUT2D eigenvalue weighted by Gasteiger charge is -2.19. The number of aromatic carboxylic acids is 1. The molecule has 0 bridgehead atoms. The van der Waals surface area contributed by atoms with Crippen LogP contribution in [0.3, 0.4) is 0 Å². The minimum atomic E-state index is -4.76. The number of carbonyl (C=O) groups excluding carboxylic acids is 1. The predicted molar refractivity (Wildman–Crippen MR) is 92.3 cm³/mol. The lowest BCUT2D eigenvalue weighted by atomic mass is 10.1. The number of pyridine rings is 1. The Hall–Kier alpha value is -3.10. The highest BCUT2D eigenvalue weighted by molar-refractivity contribution is 5.88. The summed E-state index contributed by atoms with van der Waals surface area (Å²) in [7, 11) is 0. The summed E-state index contributed by atoms with van der Waals surface area (Å²) in [6.07, 6.45) is -5.17. The Morgan fingerprint density at radius 1 is 1.11 bits per heavy atom. The Kier molecular flexibility index (Phi) is 5.96. The number of benzene rings is 1. The molecule has 0 saturated heterocycles. The summed E-state index contributed by atoms with van der Waals surface area (Å²) in [5.41, 5.74) is -2.12. The van der Waals surface area contributed by atoms with Gasteiger partial charge in [0.05, 0.1) is 12.0 Å². The number of carbonyl (C=O) groups is 2. The number of carboxylic acid groups (broad SMARTS) is 1. The highest BCUT2D eigenvalue weighted by atomic mass is 19.4.